The van der Waals surface area contributed by atoms with Crippen LogP contribution in [0.5, 0.6) is 0 Å². The Morgan fingerprint density at radius 2 is 1.64 bits per heavy atom. The van der Waals surface area contributed by atoms with Gasteiger partial charge in [0.1, 0.15) is 5.69 Å². The molecular weight excluding hydrogens is 360 g/mol. The van der Waals surface area contributed by atoms with Gasteiger partial charge in [-0.25, -0.2) is 0 Å². The molecule has 0 saturated heterocycles. The average molecular weight is 378 g/mol. The number of benzene rings is 2. The summed E-state index contributed by atoms with van der Waals surface area (Å²) < 4.78 is 5.11. The van der Waals surface area contributed by atoms with E-state index in [1.165, 1.54) is 0 Å². The summed E-state index contributed by atoms with van der Waals surface area (Å²) in [6, 6.07) is 17.6. The zero-order valence-electron chi connectivity index (χ0n) is 14.8. The molecule has 0 spiro atoms. The summed E-state index contributed by atoms with van der Waals surface area (Å²) in [4.78, 5) is 34.7. The van der Waals surface area contributed by atoms with Crippen LogP contribution in [0.25, 0.3) is 11.3 Å². The van der Waals surface area contributed by atoms with Gasteiger partial charge in [0, 0.05) is 23.7 Å². The first-order valence-corrected chi connectivity index (χ1v) is 8.48. The van der Waals surface area contributed by atoms with Crippen LogP contribution in [0, 0.1) is 0 Å². The molecular formula is C20H18N4O4. The van der Waals surface area contributed by atoms with E-state index in [0.717, 1.165) is 11.1 Å². The van der Waals surface area contributed by atoms with Gasteiger partial charge in [-0.15, -0.1) is 0 Å². The first-order valence-electron chi connectivity index (χ1n) is 8.48. The van der Waals surface area contributed by atoms with Crippen LogP contribution in [0.1, 0.15) is 26.5 Å². The van der Waals surface area contributed by atoms with Gasteiger partial charge in [-0.05, 0) is 17.7 Å². The number of hydrogen-bond acceptors (Lipinski definition) is 5. The Labute approximate surface area is 160 Å². The van der Waals surface area contributed by atoms with Gasteiger partial charge in [-0.3, -0.25) is 14.4 Å². The number of primary amides is 1. The molecule has 8 nitrogen and oxygen atoms in total. The van der Waals surface area contributed by atoms with Crippen LogP contribution >= 0.6 is 0 Å². The van der Waals surface area contributed by atoms with Crippen LogP contribution in [-0.4, -0.2) is 29.4 Å². The lowest BCUT2D eigenvalue weighted by Gasteiger charge is -2.06. The molecule has 0 atom stereocenters. The maximum Gasteiger partial charge on any atom is 0.290 e. The number of nitrogens with zero attached hydrogens (tertiary/aromatic N) is 1. The monoisotopic (exact) mass is 378 g/mol. The smallest absolute Gasteiger partial charge is 0.290 e. The van der Waals surface area contributed by atoms with Crippen molar-refractivity contribution in [2.45, 2.75) is 6.54 Å². The number of aromatic nitrogens is 1. The van der Waals surface area contributed by atoms with Gasteiger partial charge in [0.2, 0.25) is 11.7 Å². The van der Waals surface area contributed by atoms with Crippen molar-refractivity contribution in [1.29, 1.82) is 0 Å². The molecule has 0 aliphatic rings. The summed E-state index contributed by atoms with van der Waals surface area (Å²) >= 11 is 0. The van der Waals surface area contributed by atoms with Gasteiger partial charge in [0.25, 0.3) is 11.8 Å². The van der Waals surface area contributed by atoms with Crippen molar-refractivity contribution in [1.82, 2.24) is 15.8 Å². The van der Waals surface area contributed by atoms with Crippen molar-refractivity contribution in [2.24, 2.45) is 5.73 Å². The predicted molar refractivity (Wildman–Crippen MR) is 101 cm³/mol. The minimum absolute atomic E-state index is 0.112. The van der Waals surface area contributed by atoms with Gasteiger partial charge < -0.3 is 20.9 Å². The summed E-state index contributed by atoms with van der Waals surface area (Å²) in [5, 5.41) is 9.05. The molecule has 0 bridgehead atoms. The first kappa shape index (κ1) is 18.8. The minimum atomic E-state index is -0.615. The molecule has 0 radical (unpaired) electrons. The lowest BCUT2D eigenvalue weighted by atomic mass is 10.1. The quantitative estimate of drug-likeness (QED) is 0.574. The van der Waals surface area contributed by atoms with E-state index in [9.17, 15) is 14.4 Å². The molecule has 3 amide bonds. The van der Waals surface area contributed by atoms with Crippen LogP contribution in [0.2, 0.25) is 0 Å². The number of rotatable bonds is 7. The highest BCUT2D eigenvalue weighted by atomic mass is 16.5. The summed E-state index contributed by atoms with van der Waals surface area (Å²) in [6.45, 7) is 0.0299. The molecule has 0 aliphatic heterocycles. The molecule has 2 aromatic carbocycles. The normalized spacial score (nSPS) is 10.3. The Morgan fingerprint density at radius 3 is 2.32 bits per heavy atom. The van der Waals surface area contributed by atoms with E-state index < -0.39 is 17.7 Å². The SMILES string of the molecule is NC(=O)CNC(=O)c1ccc(CNC(=O)c2cc(-c3ccccc3)no2)cc1. The van der Waals surface area contributed by atoms with E-state index in [2.05, 4.69) is 15.8 Å². The Morgan fingerprint density at radius 1 is 0.929 bits per heavy atom. The number of amides is 3. The van der Waals surface area contributed by atoms with Gasteiger partial charge in [-0.2, -0.15) is 0 Å². The fraction of sp³-hybridized carbons (Fsp3) is 0.100. The third-order valence-corrected chi connectivity index (χ3v) is 3.90. The van der Waals surface area contributed by atoms with Gasteiger partial charge in [0.15, 0.2) is 0 Å². The Balaban J connectivity index is 1.55. The van der Waals surface area contributed by atoms with Crippen molar-refractivity contribution >= 4 is 17.7 Å². The maximum absolute atomic E-state index is 12.2. The molecule has 1 aromatic heterocycles. The van der Waals surface area contributed by atoms with Gasteiger partial charge in [0.05, 0.1) is 6.54 Å². The van der Waals surface area contributed by atoms with Gasteiger partial charge >= 0.3 is 0 Å². The molecule has 0 aliphatic carbocycles. The Kier molecular flexibility index (Phi) is 5.81. The molecule has 142 valence electrons. The maximum atomic E-state index is 12.2. The van der Waals surface area contributed by atoms with Crippen molar-refractivity contribution < 1.29 is 18.9 Å². The van der Waals surface area contributed by atoms with Crippen molar-refractivity contribution in [2.75, 3.05) is 6.54 Å². The molecule has 3 rings (SSSR count). The third kappa shape index (κ3) is 4.82. The first-order chi connectivity index (χ1) is 13.5. The summed E-state index contributed by atoms with van der Waals surface area (Å²) in [7, 11) is 0. The minimum Gasteiger partial charge on any atom is -0.368 e. The second kappa shape index (κ2) is 8.63. The topological polar surface area (TPSA) is 127 Å². The van der Waals surface area contributed by atoms with Crippen molar-refractivity contribution in [3.8, 4) is 11.3 Å². The fourth-order valence-electron chi connectivity index (χ4n) is 2.44. The summed E-state index contributed by atoms with van der Waals surface area (Å²) in [5.41, 5.74) is 7.61. The van der Waals surface area contributed by atoms with E-state index in [1.54, 1.807) is 30.3 Å². The predicted octanol–water partition coefficient (Wildman–Crippen LogP) is 1.49. The van der Waals surface area contributed by atoms with Gasteiger partial charge in [-0.1, -0.05) is 47.6 Å². The van der Waals surface area contributed by atoms with Crippen molar-refractivity contribution in [3.05, 3.63) is 77.6 Å². The lowest BCUT2D eigenvalue weighted by molar-refractivity contribution is -0.117. The largest absolute Gasteiger partial charge is 0.368 e. The zero-order valence-corrected chi connectivity index (χ0v) is 14.8. The molecule has 0 fully saturated rings. The number of nitrogens with two attached hydrogens (primary N) is 1. The lowest BCUT2D eigenvalue weighted by Crippen LogP contribution is -2.33. The summed E-state index contributed by atoms with van der Waals surface area (Å²) in [6.07, 6.45) is 0. The number of carbonyl (C=O) groups excluding carboxylic acids is 3. The van der Waals surface area contributed by atoms with Crippen LogP contribution in [0.4, 0.5) is 0 Å². The second-order valence-electron chi connectivity index (χ2n) is 5.97. The standard InChI is InChI=1S/C20H18N4O4/c21-18(25)12-23-19(26)15-8-6-13(7-9-15)11-22-20(27)17-10-16(24-28-17)14-4-2-1-3-5-14/h1-10H,11-12H2,(H2,21,25)(H,22,27)(H,23,26). The Hall–Kier alpha value is -3.94. The van der Waals surface area contributed by atoms with Crippen LogP contribution in [-0.2, 0) is 11.3 Å². The van der Waals surface area contributed by atoms with Crippen LogP contribution in [0.15, 0.2) is 65.2 Å². The number of nitrogens with one attached hydrogen (secondary N) is 2. The Bertz CT molecular complexity index is 981. The number of carbonyl (C=O) groups is 3. The fourth-order valence-corrected chi connectivity index (χ4v) is 2.44. The highest BCUT2D eigenvalue weighted by molar-refractivity contribution is 5.96. The van der Waals surface area contributed by atoms with Crippen LogP contribution < -0.4 is 16.4 Å². The molecule has 1 heterocycles. The molecule has 0 unspecified atom stereocenters. The highest BCUT2D eigenvalue weighted by Gasteiger charge is 2.14. The third-order valence-electron chi connectivity index (χ3n) is 3.90. The molecule has 8 heteroatoms. The van der Waals surface area contributed by atoms with E-state index in [-0.39, 0.29) is 18.8 Å². The van der Waals surface area contributed by atoms with E-state index in [1.807, 2.05) is 30.3 Å². The summed E-state index contributed by atoms with van der Waals surface area (Å²) in [5.74, 6) is -1.29. The van der Waals surface area contributed by atoms with E-state index >= 15 is 0 Å². The van der Waals surface area contributed by atoms with Crippen LogP contribution in [0.3, 0.4) is 0 Å². The molecule has 28 heavy (non-hydrogen) atoms. The average Bonchev–Trinajstić information content (AvgIpc) is 3.21. The molecule has 4 N–H and O–H groups in total. The number of hydrogen-bond donors (Lipinski definition) is 3. The highest BCUT2D eigenvalue weighted by Crippen LogP contribution is 2.18. The molecule has 3 aromatic rings. The second-order valence-corrected chi connectivity index (χ2v) is 5.97. The zero-order chi connectivity index (χ0) is 19.9. The molecule has 0 saturated carbocycles. The van der Waals surface area contributed by atoms with Crippen molar-refractivity contribution in [3.63, 3.8) is 0 Å². The van der Waals surface area contributed by atoms with E-state index in [0.29, 0.717) is 11.3 Å². The van der Waals surface area contributed by atoms with E-state index in [4.69, 9.17) is 10.3 Å².